The van der Waals surface area contributed by atoms with Gasteiger partial charge < -0.3 is 20.1 Å². The third-order valence-electron chi connectivity index (χ3n) is 4.13. The lowest BCUT2D eigenvalue weighted by molar-refractivity contribution is -0.125. The number of amides is 1. The Hall–Kier alpha value is -1.57. The number of hydrogen-bond acceptors (Lipinski definition) is 6. The second kappa shape index (κ2) is 14.6. The standard InChI is InChI=1S/C19H34N2O5/c1-5-17(23)9-12-25-14-15-26-13-11-21-19(4,6-2)18(24)8-7-10-20-16(3)22/h5,21H,1,6-15H2,2-4H3,(H,20,22). The smallest absolute Gasteiger partial charge is 0.216 e. The van der Waals surface area contributed by atoms with Crippen molar-refractivity contribution in [3.63, 3.8) is 0 Å². The predicted molar refractivity (Wildman–Crippen MR) is 101 cm³/mol. The molecule has 0 aliphatic rings. The highest BCUT2D eigenvalue weighted by atomic mass is 16.5. The summed E-state index contributed by atoms with van der Waals surface area (Å²) in [5, 5.41) is 5.96. The molecule has 1 amide bonds. The van der Waals surface area contributed by atoms with Gasteiger partial charge in [0.15, 0.2) is 11.6 Å². The first-order valence-corrected chi connectivity index (χ1v) is 9.19. The van der Waals surface area contributed by atoms with Gasteiger partial charge in [-0.25, -0.2) is 0 Å². The average molecular weight is 370 g/mol. The summed E-state index contributed by atoms with van der Waals surface area (Å²) in [6.45, 7) is 11.5. The fraction of sp³-hybridized carbons (Fsp3) is 0.737. The Kier molecular flexibility index (Phi) is 13.7. The molecule has 0 aromatic heterocycles. The maximum atomic E-state index is 12.4. The molecule has 1 unspecified atom stereocenters. The molecule has 2 N–H and O–H groups in total. The van der Waals surface area contributed by atoms with Crippen molar-refractivity contribution in [3.05, 3.63) is 12.7 Å². The predicted octanol–water partition coefficient (Wildman–Crippen LogP) is 1.41. The molecule has 0 saturated carbocycles. The van der Waals surface area contributed by atoms with Gasteiger partial charge in [0.1, 0.15) is 0 Å². The van der Waals surface area contributed by atoms with E-state index in [0.29, 0.717) is 65.2 Å². The van der Waals surface area contributed by atoms with E-state index >= 15 is 0 Å². The summed E-state index contributed by atoms with van der Waals surface area (Å²) in [6, 6.07) is 0. The zero-order valence-corrected chi connectivity index (χ0v) is 16.4. The maximum absolute atomic E-state index is 12.4. The van der Waals surface area contributed by atoms with Crippen LogP contribution in [0.25, 0.3) is 0 Å². The number of rotatable bonds is 17. The first kappa shape index (κ1) is 24.4. The van der Waals surface area contributed by atoms with E-state index in [2.05, 4.69) is 17.2 Å². The number of ketones is 2. The van der Waals surface area contributed by atoms with E-state index in [0.717, 1.165) is 0 Å². The highest BCUT2D eigenvalue weighted by Crippen LogP contribution is 2.13. The van der Waals surface area contributed by atoms with Crippen molar-refractivity contribution >= 4 is 17.5 Å². The summed E-state index contributed by atoms with van der Waals surface area (Å²) in [6.07, 6.45) is 3.38. The molecular formula is C19H34N2O5. The minimum absolute atomic E-state index is 0.0317. The highest BCUT2D eigenvalue weighted by Gasteiger charge is 2.29. The van der Waals surface area contributed by atoms with Gasteiger partial charge in [0.05, 0.1) is 32.0 Å². The van der Waals surface area contributed by atoms with Crippen molar-refractivity contribution in [2.75, 3.05) is 39.5 Å². The van der Waals surface area contributed by atoms with Gasteiger partial charge in [-0.2, -0.15) is 0 Å². The van der Waals surface area contributed by atoms with Gasteiger partial charge in [0.2, 0.25) is 5.91 Å². The number of Topliss-reactive ketones (excluding diaryl/α,β-unsaturated/α-hetero) is 1. The normalized spacial score (nSPS) is 13.0. The van der Waals surface area contributed by atoms with E-state index in [1.807, 2.05) is 13.8 Å². The summed E-state index contributed by atoms with van der Waals surface area (Å²) in [4.78, 5) is 34.2. The van der Waals surface area contributed by atoms with Crippen molar-refractivity contribution in [1.29, 1.82) is 0 Å². The summed E-state index contributed by atoms with van der Waals surface area (Å²) in [5.74, 6) is 0.0264. The largest absolute Gasteiger partial charge is 0.379 e. The molecular weight excluding hydrogens is 336 g/mol. The van der Waals surface area contributed by atoms with E-state index in [1.165, 1.54) is 13.0 Å². The van der Waals surface area contributed by atoms with Gasteiger partial charge >= 0.3 is 0 Å². The fourth-order valence-corrected chi connectivity index (χ4v) is 2.21. The molecule has 0 rings (SSSR count). The fourth-order valence-electron chi connectivity index (χ4n) is 2.21. The van der Waals surface area contributed by atoms with Crippen molar-refractivity contribution < 1.29 is 23.9 Å². The molecule has 7 nitrogen and oxygen atoms in total. The van der Waals surface area contributed by atoms with Gasteiger partial charge in [0.25, 0.3) is 0 Å². The van der Waals surface area contributed by atoms with Crippen LogP contribution in [0, 0.1) is 0 Å². The molecule has 0 fully saturated rings. The third kappa shape index (κ3) is 11.9. The molecule has 0 aliphatic heterocycles. The Morgan fingerprint density at radius 3 is 2.27 bits per heavy atom. The summed E-state index contributed by atoms with van der Waals surface area (Å²) >= 11 is 0. The molecule has 1 atom stereocenters. The monoisotopic (exact) mass is 370 g/mol. The van der Waals surface area contributed by atoms with E-state index < -0.39 is 5.54 Å². The van der Waals surface area contributed by atoms with Crippen LogP contribution in [-0.4, -0.2) is 62.5 Å². The molecule has 0 heterocycles. The zero-order valence-electron chi connectivity index (χ0n) is 16.4. The van der Waals surface area contributed by atoms with Crippen LogP contribution in [0.2, 0.25) is 0 Å². The Morgan fingerprint density at radius 2 is 1.69 bits per heavy atom. The lowest BCUT2D eigenvalue weighted by Gasteiger charge is -2.28. The minimum atomic E-state index is -0.582. The first-order chi connectivity index (χ1) is 12.4. The van der Waals surface area contributed by atoms with Crippen LogP contribution in [-0.2, 0) is 23.9 Å². The molecule has 26 heavy (non-hydrogen) atoms. The van der Waals surface area contributed by atoms with Crippen molar-refractivity contribution in [3.8, 4) is 0 Å². The van der Waals surface area contributed by atoms with Crippen LogP contribution in [0.1, 0.15) is 46.5 Å². The van der Waals surface area contributed by atoms with Gasteiger partial charge in [-0.15, -0.1) is 0 Å². The second-order valence-electron chi connectivity index (χ2n) is 6.27. The second-order valence-corrected chi connectivity index (χ2v) is 6.27. The molecule has 150 valence electrons. The van der Waals surface area contributed by atoms with E-state index in [-0.39, 0.29) is 17.5 Å². The number of ether oxygens (including phenoxy) is 2. The van der Waals surface area contributed by atoms with Crippen LogP contribution in [0.15, 0.2) is 12.7 Å². The van der Waals surface area contributed by atoms with E-state index in [4.69, 9.17) is 9.47 Å². The van der Waals surface area contributed by atoms with Crippen molar-refractivity contribution in [2.45, 2.75) is 52.0 Å². The van der Waals surface area contributed by atoms with E-state index in [1.54, 1.807) is 0 Å². The summed E-state index contributed by atoms with van der Waals surface area (Å²) in [5.41, 5.74) is -0.582. The Bertz CT molecular complexity index is 453. The van der Waals surface area contributed by atoms with Gasteiger partial charge in [0, 0.05) is 32.9 Å². The number of nitrogens with one attached hydrogen (secondary N) is 2. The van der Waals surface area contributed by atoms with Crippen molar-refractivity contribution in [2.24, 2.45) is 0 Å². The zero-order chi connectivity index (χ0) is 19.8. The molecule has 0 bridgehead atoms. The maximum Gasteiger partial charge on any atom is 0.216 e. The molecule has 0 aromatic rings. The molecule has 0 spiro atoms. The quantitative estimate of drug-likeness (QED) is 0.297. The van der Waals surface area contributed by atoms with Gasteiger partial charge in [-0.1, -0.05) is 13.5 Å². The molecule has 0 radical (unpaired) electrons. The Morgan fingerprint density at radius 1 is 1.04 bits per heavy atom. The Labute approximate surface area is 156 Å². The lowest BCUT2D eigenvalue weighted by Crippen LogP contribution is -2.50. The molecule has 7 heteroatoms. The van der Waals surface area contributed by atoms with Crippen LogP contribution < -0.4 is 10.6 Å². The van der Waals surface area contributed by atoms with Crippen LogP contribution >= 0.6 is 0 Å². The van der Waals surface area contributed by atoms with Gasteiger partial charge in [-0.05, 0) is 25.8 Å². The number of hydrogen-bond donors (Lipinski definition) is 2. The van der Waals surface area contributed by atoms with E-state index in [9.17, 15) is 14.4 Å². The summed E-state index contributed by atoms with van der Waals surface area (Å²) < 4.78 is 10.7. The SMILES string of the molecule is C=CC(=O)CCOCCOCCNC(C)(CC)C(=O)CCCNC(C)=O. The minimum Gasteiger partial charge on any atom is -0.379 e. The van der Waals surface area contributed by atoms with Crippen LogP contribution in [0.3, 0.4) is 0 Å². The first-order valence-electron chi connectivity index (χ1n) is 9.19. The topological polar surface area (TPSA) is 93.7 Å². The third-order valence-corrected chi connectivity index (χ3v) is 4.13. The highest BCUT2D eigenvalue weighted by molar-refractivity contribution is 5.89. The van der Waals surface area contributed by atoms with Gasteiger partial charge in [-0.3, -0.25) is 14.4 Å². The molecule has 0 aromatic carbocycles. The number of carbonyl (C=O) groups excluding carboxylic acids is 3. The molecule has 0 aliphatic carbocycles. The number of allylic oxidation sites excluding steroid dienone is 1. The van der Waals surface area contributed by atoms with Crippen LogP contribution in [0.5, 0.6) is 0 Å². The Balaban J connectivity index is 3.81. The van der Waals surface area contributed by atoms with Crippen molar-refractivity contribution in [1.82, 2.24) is 10.6 Å². The average Bonchev–Trinajstić information content (AvgIpc) is 2.62. The molecule has 0 saturated heterocycles. The lowest BCUT2D eigenvalue weighted by atomic mass is 9.90. The van der Waals surface area contributed by atoms with Crippen LogP contribution in [0.4, 0.5) is 0 Å². The number of carbonyl (C=O) groups is 3. The summed E-state index contributed by atoms with van der Waals surface area (Å²) in [7, 11) is 0.